The lowest BCUT2D eigenvalue weighted by molar-refractivity contribution is 0.481. The molecule has 0 aliphatic rings. The molecule has 0 saturated heterocycles. The summed E-state index contributed by atoms with van der Waals surface area (Å²) in [7, 11) is 0. The minimum atomic E-state index is -0.545. The Balaban J connectivity index is 2.26. The van der Waals surface area contributed by atoms with Crippen LogP contribution in [0.5, 0.6) is 0 Å². The first-order chi connectivity index (χ1) is 9.63. The quantitative estimate of drug-likeness (QED) is 0.775. The Kier molecular flexibility index (Phi) is 5.31. The number of benzene rings is 1. The smallest absolute Gasteiger partial charge is 0.143 e. The van der Waals surface area contributed by atoms with Crippen molar-refractivity contribution in [1.82, 2.24) is 5.32 Å². The summed E-state index contributed by atoms with van der Waals surface area (Å²) in [4.78, 5) is 0. The minimum Gasteiger partial charge on any atom is -0.472 e. The molecule has 2 aromatic rings. The fourth-order valence-electron chi connectivity index (χ4n) is 2.06. The van der Waals surface area contributed by atoms with Gasteiger partial charge in [0.2, 0.25) is 0 Å². The molecule has 0 radical (unpaired) electrons. The zero-order chi connectivity index (χ0) is 14.5. The number of halogens is 3. The standard InChI is InChI=1S/C15H16BrF2NO/c1-2-6-19-14(10-5-7-20-9-10)8-11-13(17)4-3-12(16)15(11)18/h3-5,7,9,14,19H,2,6,8H2,1H3. The fraction of sp³-hybridized carbons (Fsp3) is 0.333. The van der Waals surface area contributed by atoms with Crippen LogP contribution in [0, 0.1) is 11.6 Å². The molecule has 2 nitrogen and oxygen atoms in total. The van der Waals surface area contributed by atoms with Crippen LogP contribution in [0.25, 0.3) is 0 Å². The van der Waals surface area contributed by atoms with Crippen molar-refractivity contribution in [2.24, 2.45) is 0 Å². The molecule has 108 valence electrons. The van der Waals surface area contributed by atoms with E-state index in [1.807, 2.05) is 6.92 Å². The molecule has 2 rings (SSSR count). The Morgan fingerprint density at radius 3 is 2.75 bits per heavy atom. The lowest BCUT2D eigenvalue weighted by atomic mass is 10.00. The topological polar surface area (TPSA) is 25.2 Å². The van der Waals surface area contributed by atoms with E-state index in [9.17, 15) is 8.78 Å². The van der Waals surface area contributed by atoms with Gasteiger partial charge in [-0.1, -0.05) is 6.92 Å². The molecule has 0 aliphatic carbocycles. The SMILES string of the molecule is CCCNC(Cc1c(F)ccc(Br)c1F)c1ccoc1. The van der Waals surface area contributed by atoms with E-state index in [2.05, 4.69) is 21.2 Å². The summed E-state index contributed by atoms with van der Waals surface area (Å²) in [5, 5.41) is 3.29. The highest BCUT2D eigenvalue weighted by Gasteiger charge is 2.19. The largest absolute Gasteiger partial charge is 0.472 e. The molecule has 0 spiro atoms. The van der Waals surface area contributed by atoms with Gasteiger partial charge in [-0.25, -0.2) is 8.78 Å². The first kappa shape index (κ1) is 15.2. The van der Waals surface area contributed by atoms with E-state index in [-0.39, 0.29) is 22.5 Å². The van der Waals surface area contributed by atoms with E-state index in [0.29, 0.717) is 0 Å². The summed E-state index contributed by atoms with van der Waals surface area (Å²) in [5.74, 6) is -1.07. The molecule has 1 N–H and O–H groups in total. The molecule has 20 heavy (non-hydrogen) atoms. The van der Waals surface area contributed by atoms with Crippen LogP contribution in [-0.4, -0.2) is 6.54 Å². The van der Waals surface area contributed by atoms with Gasteiger partial charge in [-0.3, -0.25) is 0 Å². The van der Waals surface area contributed by atoms with Crippen LogP contribution in [0.2, 0.25) is 0 Å². The monoisotopic (exact) mass is 343 g/mol. The molecule has 0 saturated carbocycles. The van der Waals surface area contributed by atoms with Crippen LogP contribution in [0.15, 0.2) is 39.6 Å². The lowest BCUT2D eigenvalue weighted by Crippen LogP contribution is -2.24. The van der Waals surface area contributed by atoms with Crippen LogP contribution < -0.4 is 5.32 Å². The van der Waals surface area contributed by atoms with Gasteiger partial charge in [-0.2, -0.15) is 0 Å². The van der Waals surface area contributed by atoms with Crippen molar-refractivity contribution in [3.63, 3.8) is 0 Å². The van der Waals surface area contributed by atoms with E-state index < -0.39 is 11.6 Å². The van der Waals surface area contributed by atoms with Crippen molar-refractivity contribution in [3.05, 3.63) is 58.0 Å². The summed E-state index contributed by atoms with van der Waals surface area (Å²) >= 11 is 3.09. The summed E-state index contributed by atoms with van der Waals surface area (Å²) < 4.78 is 33.2. The van der Waals surface area contributed by atoms with Gasteiger partial charge >= 0.3 is 0 Å². The van der Waals surface area contributed by atoms with E-state index in [1.165, 1.54) is 12.1 Å². The summed E-state index contributed by atoms with van der Waals surface area (Å²) in [6.45, 7) is 2.81. The first-order valence-corrected chi connectivity index (χ1v) is 7.30. The highest BCUT2D eigenvalue weighted by atomic mass is 79.9. The Labute approximate surface area is 125 Å². The van der Waals surface area contributed by atoms with Crippen molar-refractivity contribution in [3.8, 4) is 0 Å². The normalized spacial score (nSPS) is 12.6. The molecule has 1 unspecified atom stereocenters. The van der Waals surface area contributed by atoms with Crippen LogP contribution in [-0.2, 0) is 6.42 Å². The first-order valence-electron chi connectivity index (χ1n) is 6.51. The van der Waals surface area contributed by atoms with Gasteiger partial charge in [0.15, 0.2) is 0 Å². The van der Waals surface area contributed by atoms with Gasteiger partial charge in [0.1, 0.15) is 11.6 Å². The lowest BCUT2D eigenvalue weighted by Gasteiger charge is -2.18. The molecule has 1 atom stereocenters. The maximum Gasteiger partial charge on any atom is 0.143 e. The van der Waals surface area contributed by atoms with Gasteiger partial charge in [-0.05, 0) is 53.5 Å². The third kappa shape index (κ3) is 3.46. The van der Waals surface area contributed by atoms with Crippen LogP contribution in [0.3, 0.4) is 0 Å². The van der Waals surface area contributed by atoms with Gasteiger partial charge in [0, 0.05) is 17.2 Å². The zero-order valence-electron chi connectivity index (χ0n) is 11.1. The van der Waals surface area contributed by atoms with Crippen molar-refractivity contribution < 1.29 is 13.2 Å². The van der Waals surface area contributed by atoms with Gasteiger partial charge in [0.05, 0.1) is 17.0 Å². The summed E-state index contributed by atoms with van der Waals surface area (Å²) in [6.07, 6.45) is 4.33. The van der Waals surface area contributed by atoms with E-state index in [4.69, 9.17) is 4.42 Å². The Bertz CT molecular complexity index is 557. The average Bonchev–Trinajstić information content (AvgIpc) is 2.96. The highest BCUT2D eigenvalue weighted by Crippen LogP contribution is 2.26. The molecular formula is C15H16BrF2NO. The fourth-order valence-corrected chi connectivity index (χ4v) is 2.43. The van der Waals surface area contributed by atoms with Gasteiger partial charge in [-0.15, -0.1) is 0 Å². The number of rotatable bonds is 6. The summed E-state index contributed by atoms with van der Waals surface area (Å²) in [5.41, 5.74) is 0.964. The second-order valence-corrected chi connectivity index (χ2v) is 5.44. The molecule has 0 amide bonds. The minimum absolute atomic E-state index is 0.0779. The Hall–Kier alpha value is -1.20. The van der Waals surface area contributed by atoms with Gasteiger partial charge < -0.3 is 9.73 Å². The van der Waals surface area contributed by atoms with E-state index in [1.54, 1.807) is 18.6 Å². The highest BCUT2D eigenvalue weighted by molar-refractivity contribution is 9.10. The Morgan fingerprint density at radius 1 is 1.30 bits per heavy atom. The van der Waals surface area contributed by atoms with Crippen molar-refractivity contribution >= 4 is 15.9 Å². The molecule has 1 aromatic carbocycles. The average molecular weight is 344 g/mol. The van der Waals surface area contributed by atoms with Crippen molar-refractivity contribution in [2.45, 2.75) is 25.8 Å². The molecule has 1 aromatic heterocycles. The third-order valence-corrected chi connectivity index (χ3v) is 3.75. The van der Waals surface area contributed by atoms with E-state index >= 15 is 0 Å². The maximum atomic E-state index is 14.0. The van der Waals surface area contributed by atoms with Crippen LogP contribution in [0.1, 0.15) is 30.5 Å². The molecule has 0 bridgehead atoms. The molecular weight excluding hydrogens is 328 g/mol. The third-order valence-electron chi connectivity index (χ3n) is 3.13. The predicted octanol–water partition coefficient (Wildman–Crippen LogP) is 4.60. The second kappa shape index (κ2) is 6.99. The predicted molar refractivity (Wildman–Crippen MR) is 77.5 cm³/mol. The molecule has 0 fully saturated rings. The van der Waals surface area contributed by atoms with Crippen LogP contribution in [0.4, 0.5) is 8.78 Å². The maximum absolute atomic E-state index is 14.0. The Morgan fingerprint density at radius 2 is 2.10 bits per heavy atom. The summed E-state index contributed by atoms with van der Waals surface area (Å²) in [6, 6.07) is 4.28. The molecule has 1 heterocycles. The van der Waals surface area contributed by atoms with E-state index in [0.717, 1.165) is 18.5 Å². The second-order valence-electron chi connectivity index (χ2n) is 4.59. The van der Waals surface area contributed by atoms with Crippen molar-refractivity contribution in [1.29, 1.82) is 0 Å². The zero-order valence-corrected chi connectivity index (χ0v) is 12.7. The number of nitrogens with one attached hydrogen (secondary N) is 1. The number of hydrogen-bond acceptors (Lipinski definition) is 2. The van der Waals surface area contributed by atoms with Crippen molar-refractivity contribution in [2.75, 3.05) is 6.54 Å². The van der Waals surface area contributed by atoms with Crippen LogP contribution >= 0.6 is 15.9 Å². The number of hydrogen-bond donors (Lipinski definition) is 1. The molecule has 5 heteroatoms. The molecule has 0 aliphatic heterocycles. The number of furan rings is 1. The van der Waals surface area contributed by atoms with Gasteiger partial charge in [0.25, 0.3) is 0 Å².